The van der Waals surface area contributed by atoms with Crippen LogP contribution in [0.4, 0.5) is 4.79 Å². The third-order valence-corrected chi connectivity index (χ3v) is 10.4. The number of hydrogen-bond acceptors (Lipinski definition) is 5. The lowest BCUT2D eigenvalue weighted by Crippen LogP contribution is -2.57. The van der Waals surface area contributed by atoms with E-state index in [1.54, 1.807) is 20.8 Å². The number of amides is 2. The number of carbonyl (C=O) groups is 3. The van der Waals surface area contributed by atoms with E-state index in [-0.39, 0.29) is 24.1 Å². The van der Waals surface area contributed by atoms with Gasteiger partial charge < -0.3 is 24.5 Å². The number of likely N-dealkylation sites (tertiary alicyclic amines) is 1. The van der Waals surface area contributed by atoms with Gasteiger partial charge in [0, 0.05) is 13.0 Å². The Morgan fingerprint density at radius 3 is 1.94 bits per heavy atom. The molecule has 0 saturated carbocycles. The van der Waals surface area contributed by atoms with Gasteiger partial charge in [0.05, 0.1) is 6.10 Å². The first kappa shape index (κ1) is 27.4. The Balaban J connectivity index is 3.11. The topological polar surface area (TPSA) is 105 Å². The van der Waals surface area contributed by atoms with E-state index in [0.29, 0.717) is 0 Å². The molecule has 1 aliphatic rings. The summed E-state index contributed by atoms with van der Waals surface area (Å²) in [4.78, 5) is 39.1. The second-order valence-electron chi connectivity index (χ2n) is 12.0. The van der Waals surface area contributed by atoms with Crippen LogP contribution in [0.5, 0.6) is 0 Å². The Kier molecular flexibility index (Phi) is 8.04. The predicted molar refractivity (Wildman–Crippen MR) is 122 cm³/mol. The van der Waals surface area contributed by atoms with Crippen molar-refractivity contribution < 1.29 is 28.7 Å². The molecule has 1 heterocycles. The average molecular weight is 459 g/mol. The highest BCUT2D eigenvalue weighted by Crippen LogP contribution is 2.39. The first-order valence-corrected chi connectivity index (χ1v) is 13.8. The maximum atomic E-state index is 13.5. The van der Waals surface area contributed by atoms with Crippen LogP contribution in [-0.2, 0) is 18.8 Å². The van der Waals surface area contributed by atoms with Gasteiger partial charge in [-0.25, -0.2) is 9.59 Å². The summed E-state index contributed by atoms with van der Waals surface area (Å²) in [5.41, 5.74) is -1.36. The zero-order valence-electron chi connectivity index (χ0n) is 21.1. The molecule has 9 heteroatoms. The van der Waals surface area contributed by atoms with Crippen LogP contribution in [0.15, 0.2) is 0 Å². The van der Waals surface area contributed by atoms with Crippen molar-refractivity contribution >= 4 is 26.3 Å². The molecule has 180 valence electrons. The van der Waals surface area contributed by atoms with Crippen molar-refractivity contribution in [3.63, 3.8) is 0 Å². The van der Waals surface area contributed by atoms with Crippen LogP contribution in [0, 0.1) is 5.41 Å². The molecule has 8 nitrogen and oxygen atoms in total. The van der Waals surface area contributed by atoms with Crippen molar-refractivity contribution in [3.05, 3.63) is 0 Å². The summed E-state index contributed by atoms with van der Waals surface area (Å²) >= 11 is 0. The maximum Gasteiger partial charge on any atom is 0.408 e. The highest BCUT2D eigenvalue weighted by Gasteiger charge is 2.48. The summed E-state index contributed by atoms with van der Waals surface area (Å²) in [6.45, 7) is 21.4. The second kappa shape index (κ2) is 9.09. The number of rotatable bonds is 5. The molecule has 0 aliphatic carbocycles. The minimum Gasteiger partial charge on any atom is -0.480 e. The fraction of sp³-hybridized carbons (Fsp3) is 0.864. The van der Waals surface area contributed by atoms with Gasteiger partial charge >= 0.3 is 12.1 Å². The molecular weight excluding hydrogens is 416 g/mol. The highest BCUT2D eigenvalue weighted by atomic mass is 28.4. The second-order valence-corrected chi connectivity index (χ2v) is 16.8. The molecule has 0 radical (unpaired) electrons. The summed E-state index contributed by atoms with van der Waals surface area (Å²) in [5.74, 6) is -1.51. The van der Waals surface area contributed by atoms with Crippen LogP contribution >= 0.6 is 0 Å². The van der Waals surface area contributed by atoms with Crippen LogP contribution in [0.1, 0.15) is 68.7 Å². The van der Waals surface area contributed by atoms with Crippen molar-refractivity contribution in [1.29, 1.82) is 0 Å². The molecule has 1 rings (SSSR count). The van der Waals surface area contributed by atoms with Crippen molar-refractivity contribution in [2.45, 2.75) is 111 Å². The lowest BCUT2D eigenvalue weighted by molar-refractivity contribution is -0.150. The van der Waals surface area contributed by atoms with E-state index >= 15 is 0 Å². The minimum absolute atomic E-state index is 0.0324. The smallest absolute Gasteiger partial charge is 0.408 e. The number of alkyl carbamates (subject to hydrolysis) is 1. The highest BCUT2D eigenvalue weighted by molar-refractivity contribution is 6.74. The summed E-state index contributed by atoms with van der Waals surface area (Å²) in [7, 11) is -2.14. The van der Waals surface area contributed by atoms with E-state index in [4.69, 9.17) is 9.16 Å². The molecule has 3 atom stereocenters. The van der Waals surface area contributed by atoms with Crippen molar-refractivity contribution in [1.82, 2.24) is 10.2 Å². The number of carbonyl (C=O) groups excluding carboxylic acids is 2. The largest absolute Gasteiger partial charge is 0.480 e. The molecule has 0 spiro atoms. The molecule has 0 aromatic rings. The van der Waals surface area contributed by atoms with Gasteiger partial charge in [0.1, 0.15) is 17.7 Å². The van der Waals surface area contributed by atoms with Gasteiger partial charge in [-0.1, -0.05) is 41.5 Å². The summed E-state index contributed by atoms with van der Waals surface area (Å²) in [5, 5.41) is 12.4. The molecule has 0 aromatic heterocycles. The van der Waals surface area contributed by atoms with Crippen LogP contribution in [0.2, 0.25) is 18.1 Å². The third-order valence-electron chi connectivity index (χ3n) is 5.87. The van der Waals surface area contributed by atoms with E-state index in [1.807, 2.05) is 20.8 Å². The lowest BCUT2D eigenvalue weighted by Gasteiger charge is -2.38. The van der Waals surface area contributed by atoms with Gasteiger partial charge in [0.2, 0.25) is 5.91 Å². The Bertz CT molecular complexity index is 688. The van der Waals surface area contributed by atoms with Gasteiger partial charge in [-0.3, -0.25) is 4.79 Å². The van der Waals surface area contributed by atoms with E-state index < -0.39 is 49.4 Å². The van der Waals surface area contributed by atoms with E-state index in [1.165, 1.54) is 4.90 Å². The Labute approximate surface area is 188 Å². The number of ether oxygens (including phenoxy) is 1. The first-order valence-electron chi connectivity index (χ1n) is 10.9. The van der Waals surface area contributed by atoms with Gasteiger partial charge in [0.15, 0.2) is 8.32 Å². The molecule has 2 amide bonds. The predicted octanol–water partition coefficient (Wildman–Crippen LogP) is 4.00. The van der Waals surface area contributed by atoms with Crippen LogP contribution in [0.3, 0.4) is 0 Å². The molecule has 31 heavy (non-hydrogen) atoms. The molecular formula is C22H42N2O6Si. The Morgan fingerprint density at radius 1 is 1.03 bits per heavy atom. The third kappa shape index (κ3) is 7.48. The zero-order valence-corrected chi connectivity index (χ0v) is 22.1. The number of carboxylic acid groups (broad SMARTS) is 1. The number of aliphatic carboxylic acids is 1. The zero-order chi connectivity index (χ0) is 24.6. The van der Waals surface area contributed by atoms with E-state index in [0.717, 1.165) is 0 Å². The molecule has 1 saturated heterocycles. The number of hydrogen-bond donors (Lipinski definition) is 2. The molecule has 0 aromatic carbocycles. The number of nitrogens with zero attached hydrogens (tertiary/aromatic N) is 1. The first-order chi connectivity index (χ1) is 13.7. The molecule has 1 aliphatic heterocycles. The van der Waals surface area contributed by atoms with E-state index in [9.17, 15) is 19.5 Å². The SMILES string of the molecule is CC(C)(C)OC(=O)NC(C(=O)N1C[C@H](O[Si](C)(C)C(C)(C)C)C[C@H]1C(=O)O)C(C)(C)C. The van der Waals surface area contributed by atoms with Crippen molar-refractivity contribution in [3.8, 4) is 0 Å². The number of nitrogens with one attached hydrogen (secondary N) is 1. The van der Waals surface area contributed by atoms with Crippen LogP contribution in [0.25, 0.3) is 0 Å². The molecule has 1 unspecified atom stereocenters. The summed E-state index contributed by atoms with van der Waals surface area (Å²) in [6.07, 6.45) is -0.828. The standard InChI is InChI=1S/C22H42N2O6Si/c1-20(2,3)16(23-19(28)29-21(4,5)6)17(25)24-13-14(12-15(24)18(26)27)30-31(10,11)22(7,8)9/h14-16H,12-13H2,1-11H3,(H,23,28)(H,26,27)/t14-,15+,16?/m1/s1. The quantitative estimate of drug-likeness (QED) is 0.603. The molecule has 1 fully saturated rings. The lowest BCUT2D eigenvalue weighted by atomic mass is 9.85. The fourth-order valence-corrected chi connectivity index (χ4v) is 4.55. The molecule has 0 bridgehead atoms. The van der Waals surface area contributed by atoms with Crippen molar-refractivity contribution in [2.75, 3.05) is 6.54 Å². The minimum atomic E-state index is -2.14. The van der Waals surface area contributed by atoms with Crippen LogP contribution < -0.4 is 5.32 Å². The van der Waals surface area contributed by atoms with Crippen molar-refractivity contribution in [2.24, 2.45) is 5.41 Å². The average Bonchev–Trinajstić information content (AvgIpc) is 2.91. The van der Waals surface area contributed by atoms with Gasteiger partial charge in [-0.15, -0.1) is 0 Å². The van der Waals surface area contributed by atoms with E-state index in [2.05, 4.69) is 39.2 Å². The fourth-order valence-electron chi connectivity index (χ4n) is 3.19. The Morgan fingerprint density at radius 2 is 1.55 bits per heavy atom. The van der Waals surface area contributed by atoms with Gasteiger partial charge in [-0.05, 0) is 44.3 Å². The summed E-state index contributed by atoms with van der Waals surface area (Å²) < 4.78 is 11.7. The van der Waals surface area contributed by atoms with Crippen LogP contribution in [-0.4, -0.2) is 66.6 Å². The monoisotopic (exact) mass is 458 g/mol. The van der Waals surface area contributed by atoms with Gasteiger partial charge in [-0.2, -0.15) is 0 Å². The summed E-state index contributed by atoms with van der Waals surface area (Å²) in [6, 6.07) is -1.93. The Hall–Kier alpha value is -1.61. The van der Waals surface area contributed by atoms with Gasteiger partial charge in [0.25, 0.3) is 0 Å². The maximum absolute atomic E-state index is 13.5. The normalized spacial score (nSPS) is 21.6. The number of carboxylic acids is 1. The molecule has 2 N–H and O–H groups in total.